The number of aliphatic hydroxyl groups excluding tert-OH is 1. The van der Waals surface area contributed by atoms with E-state index in [1.54, 1.807) is 30.3 Å². The minimum atomic E-state index is -1.22. The number of hydrogen-bond acceptors (Lipinski definition) is 4. The molecular formula is C34H20N4O2. The van der Waals surface area contributed by atoms with E-state index in [4.69, 9.17) is 0 Å². The zero-order valence-electron chi connectivity index (χ0n) is 21.1. The number of benzene rings is 5. The van der Waals surface area contributed by atoms with Gasteiger partial charge in [0.05, 0.1) is 39.1 Å². The van der Waals surface area contributed by atoms with Crippen LogP contribution in [0.2, 0.25) is 0 Å². The van der Waals surface area contributed by atoms with Gasteiger partial charge < -0.3 is 9.67 Å². The maximum absolute atomic E-state index is 14.3. The Morgan fingerprint density at radius 3 is 1.88 bits per heavy atom. The fraction of sp³-hybridized carbons (Fsp3) is 0.0294. The number of aliphatic hydroxyl groups is 1. The van der Waals surface area contributed by atoms with Crippen LogP contribution in [0.25, 0.3) is 38.6 Å². The highest BCUT2D eigenvalue weighted by atomic mass is 16.3. The molecule has 7 rings (SSSR count). The third-order valence-electron chi connectivity index (χ3n) is 7.57. The summed E-state index contributed by atoms with van der Waals surface area (Å²) in [7, 11) is 0. The zero-order valence-corrected chi connectivity index (χ0v) is 21.1. The van der Waals surface area contributed by atoms with E-state index in [0.29, 0.717) is 44.7 Å². The molecule has 0 spiro atoms. The van der Waals surface area contributed by atoms with Crippen LogP contribution in [0.4, 0.5) is 5.69 Å². The maximum Gasteiger partial charge on any atom is 0.263 e. The Balaban J connectivity index is 1.52. The third-order valence-corrected chi connectivity index (χ3v) is 7.57. The number of para-hydroxylation sites is 3. The van der Waals surface area contributed by atoms with Crippen molar-refractivity contribution in [1.29, 1.82) is 10.5 Å². The van der Waals surface area contributed by atoms with Crippen molar-refractivity contribution in [2.45, 2.75) is 6.23 Å². The molecule has 6 nitrogen and oxygen atoms in total. The molecule has 1 aromatic heterocycles. The normalized spacial score (nSPS) is 14.3. The first-order valence-corrected chi connectivity index (χ1v) is 12.8. The number of fused-ring (bicyclic) bond motifs is 4. The van der Waals surface area contributed by atoms with Gasteiger partial charge in [-0.1, -0.05) is 84.9 Å². The molecule has 0 saturated heterocycles. The zero-order chi connectivity index (χ0) is 27.4. The van der Waals surface area contributed by atoms with E-state index < -0.39 is 6.23 Å². The molecule has 1 aliphatic rings. The highest BCUT2D eigenvalue weighted by Gasteiger charge is 2.40. The van der Waals surface area contributed by atoms with Crippen molar-refractivity contribution in [2.24, 2.45) is 0 Å². The predicted octanol–water partition coefficient (Wildman–Crippen LogP) is 6.85. The lowest BCUT2D eigenvalue weighted by Gasteiger charge is -2.24. The van der Waals surface area contributed by atoms with Crippen molar-refractivity contribution in [3.63, 3.8) is 0 Å². The van der Waals surface area contributed by atoms with E-state index in [2.05, 4.69) is 12.1 Å². The molecule has 6 heteroatoms. The molecule has 0 fully saturated rings. The van der Waals surface area contributed by atoms with Gasteiger partial charge in [-0.3, -0.25) is 9.69 Å². The smallest absolute Gasteiger partial charge is 0.263 e. The first-order chi connectivity index (χ1) is 19.6. The summed E-state index contributed by atoms with van der Waals surface area (Å²) in [6.07, 6.45) is -1.22. The molecule has 1 atom stereocenters. The highest BCUT2D eigenvalue weighted by Crippen LogP contribution is 2.44. The lowest BCUT2D eigenvalue weighted by Crippen LogP contribution is -2.28. The van der Waals surface area contributed by atoms with E-state index in [1.807, 2.05) is 83.4 Å². The summed E-state index contributed by atoms with van der Waals surface area (Å²) in [4.78, 5) is 15.7. The lowest BCUT2D eigenvalue weighted by atomic mass is 10.0. The molecule has 1 N–H and O–H groups in total. The average Bonchev–Trinajstić information content (AvgIpc) is 3.49. The highest BCUT2D eigenvalue weighted by molar-refractivity contribution is 6.17. The number of anilines is 1. The summed E-state index contributed by atoms with van der Waals surface area (Å²) < 4.78 is 1.83. The van der Waals surface area contributed by atoms with E-state index in [1.165, 1.54) is 4.90 Å². The SMILES string of the molecule is N#Cc1cccc2c3cccc(C#N)c3n(-c3cccc4c3C(=O)N(c3ccccc3-c3ccccc3)C4O)c12. The summed E-state index contributed by atoms with van der Waals surface area (Å²) in [6, 6.07) is 38.1. The minimum absolute atomic E-state index is 0.331. The van der Waals surface area contributed by atoms with Crippen molar-refractivity contribution in [3.05, 3.63) is 131 Å². The molecule has 0 saturated carbocycles. The van der Waals surface area contributed by atoms with Crippen molar-refractivity contribution < 1.29 is 9.90 Å². The number of aromatic nitrogens is 1. The second-order valence-electron chi connectivity index (χ2n) is 9.64. The number of hydrogen-bond donors (Lipinski definition) is 1. The van der Waals surface area contributed by atoms with Crippen LogP contribution >= 0.6 is 0 Å². The molecule has 40 heavy (non-hydrogen) atoms. The van der Waals surface area contributed by atoms with Crippen LogP contribution in [0.1, 0.15) is 33.3 Å². The Morgan fingerprint density at radius 1 is 0.650 bits per heavy atom. The number of carbonyl (C=O) groups excluding carboxylic acids is 1. The lowest BCUT2D eigenvalue weighted by molar-refractivity contribution is 0.0935. The second-order valence-corrected chi connectivity index (χ2v) is 9.64. The number of carbonyl (C=O) groups is 1. The predicted molar refractivity (Wildman–Crippen MR) is 154 cm³/mol. The minimum Gasteiger partial charge on any atom is -0.369 e. The van der Waals surface area contributed by atoms with E-state index in [9.17, 15) is 20.4 Å². The Morgan fingerprint density at radius 2 is 1.23 bits per heavy atom. The van der Waals surface area contributed by atoms with Gasteiger partial charge in [0.2, 0.25) is 0 Å². The number of nitriles is 2. The monoisotopic (exact) mass is 516 g/mol. The fourth-order valence-corrected chi connectivity index (χ4v) is 5.89. The molecular weight excluding hydrogens is 496 g/mol. The standard InChI is InChI=1S/C34H20N4O2/c35-19-22-11-6-14-25-26-15-7-12-23(20-36)32(26)37(31(22)25)29-18-8-16-27-30(29)34(40)38(33(27)39)28-17-5-4-13-24(28)21-9-2-1-3-10-21/h1-18,33,39H. The quantitative estimate of drug-likeness (QED) is 0.279. The van der Waals surface area contributed by atoms with Crippen molar-refractivity contribution in [1.82, 2.24) is 4.57 Å². The van der Waals surface area contributed by atoms with Gasteiger partial charge in [0.15, 0.2) is 6.23 Å². The van der Waals surface area contributed by atoms with Gasteiger partial charge in [-0.25, -0.2) is 0 Å². The molecule has 1 amide bonds. The van der Waals surface area contributed by atoms with Crippen LogP contribution in [0.5, 0.6) is 0 Å². The second kappa shape index (κ2) is 8.96. The molecule has 0 aliphatic carbocycles. The molecule has 0 radical (unpaired) electrons. The van der Waals surface area contributed by atoms with Crippen LogP contribution in [0, 0.1) is 22.7 Å². The van der Waals surface area contributed by atoms with E-state index >= 15 is 0 Å². The van der Waals surface area contributed by atoms with Gasteiger partial charge in [-0.2, -0.15) is 10.5 Å². The Hall–Kier alpha value is -5.69. The molecule has 188 valence electrons. The number of amides is 1. The van der Waals surface area contributed by atoms with Crippen molar-refractivity contribution in [2.75, 3.05) is 4.90 Å². The molecule has 1 unspecified atom stereocenters. The number of nitrogens with zero attached hydrogens (tertiary/aromatic N) is 4. The van der Waals surface area contributed by atoms with Crippen molar-refractivity contribution in [3.8, 4) is 29.0 Å². The van der Waals surface area contributed by atoms with Gasteiger partial charge in [-0.15, -0.1) is 0 Å². The molecule has 6 aromatic rings. The maximum atomic E-state index is 14.3. The summed E-state index contributed by atoms with van der Waals surface area (Å²) in [6.45, 7) is 0. The summed E-state index contributed by atoms with van der Waals surface area (Å²) in [5.41, 5.74) is 5.70. The molecule has 1 aliphatic heterocycles. The van der Waals surface area contributed by atoms with Crippen LogP contribution in [-0.4, -0.2) is 15.6 Å². The largest absolute Gasteiger partial charge is 0.369 e. The molecule has 2 heterocycles. The average molecular weight is 517 g/mol. The molecule has 0 bridgehead atoms. The van der Waals surface area contributed by atoms with Crippen LogP contribution in [-0.2, 0) is 0 Å². The first-order valence-electron chi connectivity index (χ1n) is 12.8. The first kappa shape index (κ1) is 23.4. The van der Waals surface area contributed by atoms with Gasteiger partial charge in [0.25, 0.3) is 5.91 Å². The van der Waals surface area contributed by atoms with E-state index in [-0.39, 0.29) is 5.91 Å². The van der Waals surface area contributed by atoms with Crippen LogP contribution in [0.3, 0.4) is 0 Å². The Bertz CT molecular complexity index is 2010. The van der Waals surface area contributed by atoms with Gasteiger partial charge in [0.1, 0.15) is 12.1 Å². The van der Waals surface area contributed by atoms with Crippen LogP contribution < -0.4 is 4.90 Å². The van der Waals surface area contributed by atoms with Gasteiger partial charge in [-0.05, 0) is 29.8 Å². The Labute approximate surface area is 229 Å². The summed E-state index contributed by atoms with van der Waals surface area (Å²) >= 11 is 0. The fourth-order valence-electron chi connectivity index (χ4n) is 5.89. The van der Waals surface area contributed by atoms with Crippen molar-refractivity contribution >= 4 is 33.4 Å². The van der Waals surface area contributed by atoms with E-state index in [0.717, 1.165) is 21.9 Å². The molecule has 5 aromatic carbocycles. The van der Waals surface area contributed by atoms with Gasteiger partial charge in [0, 0.05) is 21.9 Å². The Kier molecular flexibility index (Phi) is 5.25. The third kappa shape index (κ3) is 3.21. The van der Waals surface area contributed by atoms with Gasteiger partial charge >= 0.3 is 0 Å². The van der Waals surface area contributed by atoms with Crippen LogP contribution in [0.15, 0.2) is 109 Å². The summed E-state index contributed by atoms with van der Waals surface area (Å²) in [5, 5.41) is 33.3. The number of rotatable bonds is 3. The topological polar surface area (TPSA) is 93.0 Å². The summed E-state index contributed by atoms with van der Waals surface area (Å²) in [5.74, 6) is -0.361.